The van der Waals surface area contributed by atoms with Crippen molar-refractivity contribution in [3.63, 3.8) is 0 Å². The molecule has 1 unspecified atom stereocenters. The molecule has 2 aliphatic heterocycles. The molecular formula is C19H20FNO3. The number of hydrogen-bond acceptors (Lipinski definition) is 4. The number of ether oxygens (including phenoxy) is 3. The minimum absolute atomic E-state index is 0.0527. The van der Waals surface area contributed by atoms with Crippen LogP contribution in [0.2, 0.25) is 0 Å². The smallest absolute Gasteiger partial charge is 0.231 e. The van der Waals surface area contributed by atoms with E-state index in [4.69, 9.17) is 22.4 Å². The Morgan fingerprint density at radius 2 is 2.00 bits per heavy atom. The van der Waals surface area contributed by atoms with Crippen molar-refractivity contribution in [2.24, 2.45) is 5.92 Å². The molecule has 5 heteroatoms. The Labute approximate surface area is 149 Å². The molecule has 24 heavy (non-hydrogen) atoms. The minimum atomic E-state index is -2.28. The van der Waals surface area contributed by atoms with Gasteiger partial charge in [0, 0.05) is 24.0 Å². The van der Waals surface area contributed by atoms with Crippen LogP contribution in [0.3, 0.4) is 0 Å². The Bertz CT molecular complexity index is 940. The predicted octanol–water partition coefficient (Wildman–Crippen LogP) is 3.33. The molecule has 0 bridgehead atoms. The van der Waals surface area contributed by atoms with Gasteiger partial charge in [-0.05, 0) is 48.6 Å². The van der Waals surface area contributed by atoms with Gasteiger partial charge in [0.2, 0.25) is 6.75 Å². The molecule has 2 heterocycles. The molecule has 0 aliphatic carbocycles. The lowest BCUT2D eigenvalue weighted by atomic mass is 9.81. The highest BCUT2D eigenvalue weighted by molar-refractivity contribution is 5.46. The van der Waals surface area contributed by atoms with Gasteiger partial charge >= 0.3 is 0 Å². The van der Waals surface area contributed by atoms with Gasteiger partial charge in [-0.25, -0.2) is 4.39 Å². The topological polar surface area (TPSA) is 39.7 Å². The van der Waals surface area contributed by atoms with E-state index in [0.717, 1.165) is 0 Å². The summed E-state index contributed by atoms with van der Waals surface area (Å²) in [5.74, 6) is -0.962. The summed E-state index contributed by atoms with van der Waals surface area (Å²) in [7, 11) is 0. The number of rotatable bonds is 4. The van der Waals surface area contributed by atoms with Crippen LogP contribution in [0.15, 0.2) is 42.5 Å². The fourth-order valence-corrected chi connectivity index (χ4v) is 2.78. The maximum Gasteiger partial charge on any atom is 0.231 e. The first-order chi connectivity index (χ1) is 14.0. The van der Waals surface area contributed by atoms with Crippen molar-refractivity contribution in [3.05, 3.63) is 53.8 Å². The normalized spacial score (nSPS) is 32.4. The summed E-state index contributed by atoms with van der Waals surface area (Å²) in [5.41, 5.74) is 0.485. The van der Waals surface area contributed by atoms with E-state index >= 15 is 0 Å². The minimum Gasteiger partial charge on any atom is -0.493 e. The Morgan fingerprint density at radius 3 is 2.88 bits per heavy atom. The lowest BCUT2D eigenvalue weighted by Crippen LogP contribution is -2.38. The van der Waals surface area contributed by atoms with Crippen LogP contribution in [-0.2, 0) is 0 Å². The van der Waals surface area contributed by atoms with Crippen LogP contribution in [0.4, 0.5) is 4.39 Å². The van der Waals surface area contributed by atoms with Crippen LogP contribution < -0.4 is 19.5 Å². The summed E-state index contributed by atoms with van der Waals surface area (Å²) < 4.78 is 77.2. The number of benzene rings is 2. The quantitative estimate of drug-likeness (QED) is 0.930. The van der Waals surface area contributed by atoms with Crippen molar-refractivity contribution in [1.82, 2.24) is 5.32 Å². The molecule has 126 valence electrons. The second-order valence-electron chi connectivity index (χ2n) is 5.65. The monoisotopic (exact) mass is 335 g/mol. The average molecular weight is 335 g/mol. The largest absolute Gasteiger partial charge is 0.493 e. The van der Waals surface area contributed by atoms with Crippen molar-refractivity contribution < 1.29 is 26.8 Å². The zero-order valence-electron chi connectivity index (χ0n) is 18.7. The molecule has 1 N–H and O–H groups in total. The molecule has 0 radical (unpaired) electrons. The van der Waals surface area contributed by atoms with Gasteiger partial charge in [0.05, 0.1) is 6.61 Å². The second-order valence-corrected chi connectivity index (χ2v) is 5.65. The van der Waals surface area contributed by atoms with Gasteiger partial charge in [-0.3, -0.25) is 0 Å². The SMILES string of the molecule is [2H]C1([2H])Oc2ccc(OCC3CNC([2H])([2H])C([2H])([2H])[C@H]3c3ccc(F)cc3)cc2O1. The van der Waals surface area contributed by atoms with Crippen LogP contribution in [-0.4, -0.2) is 26.4 Å². The molecule has 2 aromatic rings. The number of nitrogens with one attached hydrogen (secondary N) is 1. The Kier molecular flexibility index (Phi) is 2.76. The third-order valence-electron chi connectivity index (χ3n) is 4.06. The van der Waals surface area contributed by atoms with Crippen LogP contribution in [0.25, 0.3) is 0 Å². The van der Waals surface area contributed by atoms with Gasteiger partial charge < -0.3 is 19.5 Å². The van der Waals surface area contributed by atoms with Crippen molar-refractivity contribution >= 4 is 0 Å². The summed E-state index contributed by atoms with van der Waals surface area (Å²) in [5, 5.41) is 2.61. The zero-order valence-corrected chi connectivity index (χ0v) is 12.7. The Balaban J connectivity index is 1.56. The van der Waals surface area contributed by atoms with Crippen molar-refractivity contribution in [2.45, 2.75) is 12.3 Å². The summed E-state index contributed by atoms with van der Waals surface area (Å²) in [4.78, 5) is 0. The maximum atomic E-state index is 13.4. The van der Waals surface area contributed by atoms with Gasteiger partial charge in [-0.2, -0.15) is 0 Å². The molecule has 2 aromatic carbocycles. The highest BCUT2D eigenvalue weighted by atomic mass is 19.1. The standard InChI is InChI=1S/C19H20FNO3/c20-15-3-1-13(2-4-15)17-7-8-21-10-14(17)11-22-16-5-6-18-19(9-16)24-12-23-18/h1-6,9,14,17,21H,7-8,10-12H2/t14?,17-/m0/s1/i7D2,8D2,12D2. The molecule has 0 saturated carbocycles. The molecular weight excluding hydrogens is 309 g/mol. The van der Waals surface area contributed by atoms with E-state index < -0.39 is 37.3 Å². The highest BCUT2D eigenvalue weighted by Crippen LogP contribution is 2.36. The van der Waals surface area contributed by atoms with Crippen LogP contribution in [0.1, 0.15) is 26.1 Å². The zero-order chi connectivity index (χ0) is 21.7. The van der Waals surface area contributed by atoms with Crippen molar-refractivity contribution in [1.29, 1.82) is 0 Å². The van der Waals surface area contributed by atoms with E-state index in [-0.39, 0.29) is 24.7 Å². The summed E-state index contributed by atoms with van der Waals surface area (Å²) in [6.45, 7) is -4.31. The molecule has 4 rings (SSSR count). The number of fused-ring (bicyclic) bond motifs is 1. The summed E-state index contributed by atoms with van der Waals surface area (Å²) >= 11 is 0. The summed E-state index contributed by atoms with van der Waals surface area (Å²) in [6, 6.07) is 9.98. The van der Waals surface area contributed by atoms with E-state index in [1.807, 2.05) is 0 Å². The second kappa shape index (κ2) is 6.69. The fraction of sp³-hybridized carbons (Fsp3) is 0.368. The van der Waals surface area contributed by atoms with Crippen LogP contribution in [0, 0.1) is 11.7 Å². The Hall–Kier alpha value is -2.27. The lowest BCUT2D eigenvalue weighted by Gasteiger charge is -2.32. The molecule has 0 aromatic heterocycles. The van der Waals surface area contributed by atoms with Crippen molar-refractivity contribution in [2.75, 3.05) is 26.4 Å². The fourth-order valence-electron chi connectivity index (χ4n) is 2.78. The highest BCUT2D eigenvalue weighted by Gasteiger charge is 2.27. The van der Waals surface area contributed by atoms with Crippen molar-refractivity contribution in [3.8, 4) is 17.2 Å². The van der Waals surface area contributed by atoms with Gasteiger partial charge in [0.15, 0.2) is 11.5 Å². The average Bonchev–Trinajstić information content (AvgIpc) is 2.97. The first-order valence-electron chi connectivity index (χ1n) is 10.6. The summed E-state index contributed by atoms with van der Waals surface area (Å²) in [6.07, 6.45) is -2.28. The first-order valence-corrected chi connectivity index (χ1v) is 7.64. The van der Waals surface area contributed by atoms with E-state index in [1.165, 1.54) is 36.4 Å². The Morgan fingerprint density at radius 1 is 1.17 bits per heavy atom. The molecule has 2 atom stereocenters. The van der Waals surface area contributed by atoms with Gasteiger partial charge in [0.25, 0.3) is 0 Å². The van der Waals surface area contributed by atoms with Crippen LogP contribution in [0.5, 0.6) is 17.2 Å². The van der Waals surface area contributed by atoms with E-state index in [1.54, 1.807) is 6.07 Å². The molecule has 4 nitrogen and oxygen atoms in total. The molecule has 0 spiro atoms. The van der Waals surface area contributed by atoms with E-state index in [2.05, 4.69) is 5.32 Å². The molecule has 0 amide bonds. The third-order valence-corrected chi connectivity index (χ3v) is 4.06. The number of piperidine rings is 1. The van der Waals surface area contributed by atoms with Crippen LogP contribution >= 0.6 is 0 Å². The molecule has 2 aliphatic rings. The van der Waals surface area contributed by atoms with E-state index in [9.17, 15) is 4.39 Å². The third kappa shape index (κ3) is 3.17. The predicted molar refractivity (Wildman–Crippen MR) is 88.2 cm³/mol. The van der Waals surface area contributed by atoms with E-state index in [0.29, 0.717) is 11.3 Å². The molecule has 1 fully saturated rings. The lowest BCUT2D eigenvalue weighted by molar-refractivity contribution is 0.173. The first kappa shape index (κ1) is 9.89. The maximum absolute atomic E-state index is 13.4. The van der Waals surface area contributed by atoms with Gasteiger partial charge in [-0.1, -0.05) is 12.1 Å². The number of hydrogen-bond donors (Lipinski definition) is 1. The molecule has 1 saturated heterocycles. The van der Waals surface area contributed by atoms with Gasteiger partial charge in [-0.15, -0.1) is 0 Å². The number of halogens is 1. The van der Waals surface area contributed by atoms with Gasteiger partial charge in [0.1, 0.15) is 14.3 Å².